The fourth-order valence-corrected chi connectivity index (χ4v) is 3.92. The Bertz CT molecular complexity index is 1410. The quantitative estimate of drug-likeness (QED) is 0.111. The summed E-state index contributed by atoms with van der Waals surface area (Å²) in [6, 6.07) is 23.7. The fraction of sp³-hybridized carbons (Fsp3) is 0. The van der Waals surface area contributed by atoms with Gasteiger partial charge in [0.15, 0.2) is 0 Å². The summed E-state index contributed by atoms with van der Waals surface area (Å²) in [5, 5.41) is 22.2. The van der Waals surface area contributed by atoms with Crippen LogP contribution < -0.4 is 4.74 Å². The van der Waals surface area contributed by atoms with E-state index in [1.807, 2.05) is 0 Å². The van der Waals surface area contributed by atoms with Crippen molar-refractivity contribution in [3.63, 3.8) is 0 Å². The minimum Gasteiger partial charge on any atom is -0.457 e. The van der Waals surface area contributed by atoms with Crippen LogP contribution in [0.3, 0.4) is 0 Å². The minimum absolute atomic E-state index is 0.0262. The zero-order chi connectivity index (χ0) is 26.4. The number of nitro groups is 2. The highest BCUT2D eigenvalue weighted by atomic mass is 79.9. The average Bonchev–Trinajstić information content (AvgIpc) is 2.89. The van der Waals surface area contributed by atoms with E-state index in [2.05, 4.69) is 41.8 Å². The molecule has 184 valence electrons. The SMILES string of the molecule is O=[N+]([O-])c1cc(C=Nc2ccc(Oc3ccc(N=Cc4ccc(Br)c([N+](=O)[O-])c4)cc3)cc2)ccc1Br. The van der Waals surface area contributed by atoms with Crippen LogP contribution in [0.2, 0.25) is 0 Å². The molecule has 0 heterocycles. The summed E-state index contributed by atoms with van der Waals surface area (Å²) in [5.41, 5.74) is 2.49. The third kappa shape index (κ3) is 6.93. The Morgan fingerprint density at radius 1 is 0.622 bits per heavy atom. The molecule has 0 saturated heterocycles. The van der Waals surface area contributed by atoms with Gasteiger partial charge in [0.05, 0.1) is 30.2 Å². The molecule has 4 aromatic rings. The van der Waals surface area contributed by atoms with E-state index in [4.69, 9.17) is 4.74 Å². The number of aliphatic imine (C=N–C) groups is 2. The van der Waals surface area contributed by atoms with E-state index in [1.165, 1.54) is 12.1 Å². The summed E-state index contributed by atoms with van der Waals surface area (Å²) in [4.78, 5) is 30.0. The van der Waals surface area contributed by atoms with Crippen LogP contribution in [0.1, 0.15) is 11.1 Å². The highest BCUT2D eigenvalue weighted by molar-refractivity contribution is 9.11. The third-order valence-corrected chi connectivity index (χ3v) is 6.31. The van der Waals surface area contributed by atoms with Gasteiger partial charge in [-0.05, 0) is 104 Å². The van der Waals surface area contributed by atoms with Crippen LogP contribution in [0.25, 0.3) is 0 Å². The zero-order valence-corrected chi connectivity index (χ0v) is 22.0. The molecule has 0 unspecified atom stereocenters. The van der Waals surface area contributed by atoms with Gasteiger partial charge in [0.1, 0.15) is 11.5 Å². The Labute approximate surface area is 227 Å². The molecule has 0 aliphatic carbocycles. The molecule has 4 rings (SSSR count). The maximum atomic E-state index is 11.1. The Morgan fingerprint density at radius 2 is 1.00 bits per heavy atom. The molecule has 0 radical (unpaired) electrons. The Kier molecular flexibility index (Phi) is 8.16. The second kappa shape index (κ2) is 11.7. The van der Waals surface area contributed by atoms with Crippen molar-refractivity contribution in [2.24, 2.45) is 9.98 Å². The summed E-state index contributed by atoms with van der Waals surface area (Å²) in [7, 11) is 0. The van der Waals surface area contributed by atoms with Crippen LogP contribution in [-0.4, -0.2) is 22.3 Å². The molecule has 0 aliphatic rings. The first-order valence-corrected chi connectivity index (χ1v) is 12.2. The molecule has 37 heavy (non-hydrogen) atoms. The standard InChI is InChI=1S/C26H16Br2N4O5/c27-23-11-1-17(13-25(23)31(33)34)15-29-19-3-7-21(8-4-19)37-22-9-5-20(6-10-22)30-16-18-2-12-24(28)26(14-18)32(35)36/h1-16H. The number of benzene rings is 4. The average molecular weight is 624 g/mol. The largest absolute Gasteiger partial charge is 0.457 e. The van der Waals surface area contributed by atoms with Gasteiger partial charge in [-0.15, -0.1) is 0 Å². The maximum Gasteiger partial charge on any atom is 0.284 e. The molecule has 9 nitrogen and oxygen atoms in total. The number of nitrogens with zero attached hydrogens (tertiary/aromatic N) is 4. The van der Waals surface area contributed by atoms with Crippen molar-refractivity contribution in [3.8, 4) is 11.5 Å². The lowest BCUT2D eigenvalue weighted by Gasteiger charge is -2.06. The van der Waals surface area contributed by atoms with Crippen LogP contribution in [0.4, 0.5) is 22.7 Å². The number of hydrogen-bond donors (Lipinski definition) is 0. The van der Waals surface area contributed by atoms with Gasteiger partial charge in [0, 0.05) is 24.6 Å². The molecule has 0 fully saturated rings. The van der Waals surface area contributed by atoms with Gasteiger partial charge >= 0.3 is 0 Å². The van der Waals surface area contributed by atoms with Crippen LogP contribution in [0, 0.1) is 20.2 Å². The molecular formula is C26H16Br2N4O5. The van der Waals surface area contributed by atoms with Crippen LogP contribution >= 0.6 is 31.9 Å². The first-order chi connectivity index (χ1) is 17.8. The topological polar surface area (TPSA) is 120 Å². The lowest BCUT2D eigenvalue weighted by Crippen LogP contribution is -1.91. The second-order valence-electron chi connectivity index (χ2n) is 7.54. The van der Waals surface area contributed by atoms with Crippen molar-refractivity contribution >= 4 is 67.0 Å². The Hall–Kier alpha value is -4.22. The molecule has 0 aromatic heterocycles. The summed E-state index contributed by atoms with van der Waals surface area (Å²) in [6.07, 6.45) is 3.11. The van der Waals surface area contributed by atoms with Crippen molar-refractivity contribution in [2.45, 2.75) is 0 Å². The van der Waals surface area contributed by atoms with E-state index in [-0.39, 0.29) is 11.4 Å². The maximum absolute atomic E-state index is 11.1. The van der Waals surface area contributed by atoms with Crippen molar-refractivity contribution in [3.05, 3.63) is 125 Å². The summed E-state index contributed by atoms with van der Waals surface area (Å²) >= 11 is 6.33. The van der Waals surface area contributed by atoms with Gasteiger partial charge in [-0.1, -0.05) is 12.1 Å². The lowest BCUT2D eigenvalue weighted by molar-refractivity contribution is -0.385. The van der Waals surface area contributed by atoms with Gasteiger partial charge in [-0.3, -0.25) is 30.2 Å². The molecule has 11 heteroatoms. The van der Waals surface area contributed by atoms with Crippen LogP contribution in [0.5, 0.6) is 11.5 Å². The predicted molar refractivity (Wildman–Crippen MR) is 149 cm³/mol. The number of hydrogen-bond acceptors (Lipinski definition) is 7. The molecule has 0 amide bonds. The van der Waals surface area contributed by atoms with E-state index < -0.39 is 9.85 Å². The van der Waals surface area contributed by atoms with Crippen molar-refractivity contribution < 1.29 is 14.6 Å². The van der Waals surface area contributed by atoms with Crippen LogP contribution in [-0.2, 0) is 0 Å². The molecule has 0 bridgehead atoms. The molecule has 0 N–H and O–H groups in total. The van der Waals surface area contributed by atoms with Gasteiger partial charge in [-0.25, -0.2) is 0 Å². The zero-order valence-electron chi connectivity index (χ0n) is 18.8. The summed E-state index contributed by atoms with van der Waals surface area (Å²) in [6.45, 7) is 0. The molecule has 0 spiro atoms. The Morgan fingerprint density at radius 3 is 1.35 bits per heavy atom. The number of ether oxygens (including phenoxy) is 1. The third-order valence-electron chi connectivity index (χ3n) is 4.97. The monoisotopic (exact) mass is 622 g/mol. The molecule has 0 aliphatic heterocycles. The van der Waals surface area contributed by atoms with Crippen LogP contribution in [0.15, 0.2) is 104 Å². The normalized spacial score (nSPS) is 11.2. The summed E-state index contributed by atoms with van der Waals surface area (Å²) < 4.78 is 6.68. The second-order valence-corrected chi connectivity index (χ2v) is 9.25. The summed E-state index contributed by atoms with van der Waals surface area (Å²) in [5.74, 6) is 1.22. The molecule has 0 atom stereocenters. The number of nitro benzene ring substituents is 2. The molecule has 0 saturated carbocycles. The van der Waals surface area contributed by atoms with Gasteiger partial charge in [0.2, 0.25) is 0 Å². The van der Waals surface area contributed by atoms with Gasteiger partial charge in [0.25, 0.3) is 11.4 Å². The lowest BCUT2D eigenvalue weighted by atomic mass is 10.2. The fourth-order valence-electron chi connectivity index (χ4n) is 3.13. The first kappa shape index (κ1) is 25.9. The van der Waals surface area contributed by atoms with Crippen molar-refractivity contribution in [1.82, 2.24) is 0 Å². The number of halogens is 2. The van der Waals surface area contributed by atoms with Gasteiger partial charge in [-0.2, -0.15) is 0 Å². The Balaban J connectivity index is 1.38. The predicted octanol–water partition coefficient (Wildman–Crippen LogP) is 8.32. The van der Waals surface area contributed by atoms with E-state index in [0.29, 0.717) is 42.9 Å². The molecule has 4 aromatic carbocycles. The van der Waals surface area contributed by atoms with E-state index in [0.717, 1.165) is 0 Å². The highest BCUT2D eigenvalue weighted by Crippen LogP contribution is 2.28. The minimum atomic E-state index is -0.455. The first-order valence-electron chi connectivity index (χ1n) is 10.6. The van der Waals surface area contributed by atoms with Gasteiger partial charge < -0.3 is 4.74 Å². The van der Waals surface area contributed by atoms with E-state index >= 15 is 0 Å². The number of rotatable bonds is 8. The van der Waals surface area contributed by atoms with E-state index in [1.54, 1.807) is 85.2 Å². The van der Waals surface area contributed by atoms with Crippen molar-refractivity contribution in [2.75, 3.05) is 0 Å². The smallest absolute Gasteiger partial charge is 0.284 e. The molecular weight excluding hydrogens is 608 g/mol. The van der Waals surface area contributed by atoms with Crippen molar-refractivity contribution in [1.29, 1.82) is 0 Å². The highest BCUT2D eigenvalue weighted by Gasteiger charge is 2.12. The van der Waals surface area contributed by atoms with E-state index in [9.17, 15) is 20.2 Å².